The molecule has 0 unspecified atom stereocenters. The van der Waals surface area contributed by atoms with E-state index in [1.54, 1.807) is 18.2 Å². The van der Waals surface area contributed by atoms with Crippen molar-refractivity contribution < 1.29 is 14.7 Å². The Morgan fingerprint density at radius 3 is 2.56 bits per heavy atom. The smallest absolute Gasteiger partial charge is 0.341 e. The van der Waals surface area contributed by atoms with Gasteiger partial charge in [-0.25, -0.2) is 9.59 Å². The van der Waals surface area contributed by atoms with Gasteiger partial charge in [0, 0.05) is 28.0 Å². The van der Waals surface area contributed by atoms with Crippen molar-refractivity contribution in [3.63, 3.8) is 0 Å². The largest absolute Gasteiger partial charge is 0.477 e. The van der Waals surface area contributed by atoms with Crippen LogP contribution in [0.1, 0.15) is 10.4 Å². The number of carboxylic acids is 1. The third-order valence-corrected chi connectivity index (χ3v) is 3.75. The van der Waals surface area contributed by atoms with Crippen LogP contribution in [0.5, 0.6) is 0 Å². The lowest BCUT2D eigenvalue weighted by atomic mass is 10.1. The molecular weight excluding hydrogens is 346 g/mol. The number of nitrogens with zero attached hydrogens (tertiary/aromatic N) is 1. The molecule has 0 bridgehead atoms. The number of carboxylic acid groups (broad SMARTS) is 1. The molecule has 1 heterocycles. The standard InChI is InChI=1S/C17H12ClN3O4/c18-9-5-10(19)7-11(6-9)20-17(25)21-8-13(16(23)24)15(22)12-3-1-2-4-14(12)21/h1-8H,19H2,(H,20,25)(H,23,24). The normalized spacial score (nSPS) is 10.6. The molecule has 0 aliphatic heterocycles. The second-order valence-corrected chi connectivity index (χ2v) is 5.70. The fourth-order valence-electron chi connectivity index (χ4n) is 2.47. The number of anilines is 2. The second-order valence-electron chi connectivity index (χ2n) is 5.27. The minimum Gasteiger partial charge on any atom is -0.477 e. The van der Waals surface area contributed by atoms with E-state index in [9.17, 15) is 19.5 Å². The fourth-order valence-corrected chi connectivity index (χ4v) is 2.71. The van der Waals surface area contributed by atoms with E-state index in [0.717, 1.165) is 10.8 Å². The number of benzene rings is 2. The van der Waals surface area contributed by atoms with E-state index in [1.807, 2.05) is 0 Å². The summed E-state index contributed by atoms with van der Waals surface area (Å²) in [5, 5.41) is 12.3. The van der Waals surface area contributed by atoms with Crippen LogP contribution < -0.4 is 16.5 Å². The highest BCUT2D eigenvalue weighted by atomic mass is 35.5. The van der Waals surface area contributed by atoms with Gasteiger partial charge in [0.05, 0.1) is 5.52 Å². The van der Waals surface area contributed by atoms with Crippen molar-refractivity contribution >= 4 is 45.9 Å². The Bertz CT molecular complexity index is 1050. The zero-order valence-electron chi connectivity index (χ0n) is 12.7. The van der Waals surface area contributed by atoms with Gasteiger partial charge in [-0.05, 0) is 30.3 Å². The van der Waals surface area contributed by atoms with E-state index in [0.29, 0.717) is 16.4 Å². The first kappa shape index (κ1) is 16.5. The van der Waals surface area contributed by atoms with Crippen molar-refractivity contribution in [1.82, 2.24) is 4.57 Å². The third-order valence-electron chi connectivity index (χ3n) is 3.53. The van der Waals surface area contributed by atoms with Crippen molar-refractivity contribution in [2.24, 2.45) is 0 Å². The Kier molecular flexibility index (Phi) is 4.16. The van der Waals surface area contributed by atoms with E-state index in [-0.39, 0.29) is 10.9 Å². The molecule has 1 amide bonds. The lowest BCUT2D eigenvalue weighted by molar-refractivity contribution is 0.0695. The number of pyridine rings is 1. The first-order valence-corrected chi connectivity index (χ1v) is 7.50. The number of fused-ring (bicyclic) bond motifs is 1. The fraction of sp³-hybridized carbons (Fsp3) is 0. The lowest BCUT2D eigenvalue weighted by Gasteiger charge is -2.12. The maximum atomic E-state index is 12.6. The summed E-state index contributed by atoms with van der Waals surface area (Å²) >= 11 is 5.91. The number of aromatic carboxylic acids is 1. The SMILES string of the molecule is Nc1cc(Cl)cc(NC(=O)n2cc(C(=O)O)c(=O)c3ccccc32)c1. The average Bonchev–Trinajstić information content (AvgIpc) is 2.54. The topological polar surface area (TPSA) is 114 Å². The Morgan fingerprint density at radius 2 is 1.88 bits per heavy atom. The van der Waals surface area contributed by atoms with Crippen molar-refractivity contribution in [2.75, 3.05) is 11.1 Å². The summed E-state index contributed by atoms with van der Waals surface area (Å²) in [5.41, 5.74) is 5.52. The summed E-state index contributed by atoms with van der Waals surface area (Å²) in [6.45, 7) is 0. The van der Waals surface area contributed by atoms with Crippen LogP contribution in [0, 0.1) is 0 Å². The first-order valence-electron chi connectivity index (χ1n) is 7.12. The molecule has 3 rings (SSSR count). The third kappa shape index (κ3) is 3.17. The Balaban J connectivity index is 2.14. The van der Waals surface area contributed by atoms with Crippen LogP contribution in [0.4, 0.5) is 16.2 Å². The molecule has 4 N–H and O–H groups in total. The highest BCUT2D eigenvalue weighted by molar-refractivity contribution is 6.31. The second kappa shape index (κ2) is 6.29. The molecule has 2 aromatic carbocycles. The van der Waals surface area contributed by atoms with Crippen LogP contribution >= 0.6 is 11.6 Å². The number of rotatable bonds is 2. The van der Waals surface area contributed by atoms with Crippen LogP contribution in [0.3, 0.4) is 0 Å². The number of para-hydroxylation sites is 1. The number of nitrogens with two attached hydrogens (primary N) is 1. The number of halogens is 1. The zero-order valence-corrected chi connectivity index (χ0v) is 13.4. The van der Waals surface area contributed by atoms with E-state index in [2.05, 4.69) is 5.32 Å². The molecule has 8 heteroatoms. The van der Waals surface area contributed by atoms with Gasteiger partial charge in [0.1, 0.15) is 5.56 Å². The molecule has 3 aromatic rings. The van der Waals surface area contributed by atoms with Gasteiger partial charge in [-0.15, -0.1) is 0 Å². The number of nitrogen functional groups attached to an aromatic ring is 1. The number of aromatic nitrogens is 1. The maximum absolute atomic E-state index is 12.6. The number of hydrogen-bond donors (Lipinski definition) is 3. The summed E-state index contributed by atoms with van der Waals surface area (Å²) in [5.74, 6) is -1.41. The molecule has 1 aromatic heterocycles. The first-order chi connectivity index (χ1) is 11.9. The van der Waals surface area contributed by atoms with Gasteiger partial charge >= 0.3 is 12.0 Å². The Labute approximate surface area is 146 Å². The molecule has 0 atom stereocenters. The Hall–Kier alpha value is -3.32. The van der Waals surface area contributed by atoms with E-state index >= 15 is 0 Å². The minimum atomic E-state index is -1.41. The van der Waals surface area contributed by atoms with Gasteiger partial charge in [-0.2, -0.15) is 0 Å². The Morgan fingerprint density at radius 1 is 1.16 bits per heavy atom. The quantitative estimate of drug-likeness (QED) is 0.610. The summed E-state index contributed by atoms with van der Waals surface area (Å²) < 4.78 is 1.07. The number of carbonyl (C=O) groups is 2. The zero-order chi connectivity index (χ0) is 18.1. The van der Waals surface area contributed by atoms with Crippen molar-refractivity contribution in [2.45, 2.75) is 0 Å². The summed E-state index contributed by atoms with van der Waals surface area (Å²) in [6.07, 6.45) is 0.996. The predicted octanol–water partition coefficient (Wildman–Crippen LogP) is 3.02. The van der Waals surface area contributed by atoms with Gasteiger partial charge in [0.15, 0.2) is 0 Å². The molecule has 0 spiro atoms. The number of hydrogen-bond acceptors (Lipinski definition) is 4. The highest BCUT2D eigenvalue weighted by Crippen LogP contribution is 2.21. The van der Waals surface area contributed by atoms with Crippen LogP contribution in [0.25, 0.3) is 10.9 Å². The minimum absolute atomic E-state index is 0.128. The van der Waals surface area contributed by atoms with Gasteiger partial charge in [-0.1, -0.05) is 23.7 Å². The van der Waals surface area contributed by atoms with Crippen LogP contribution in [-0.2, 0) is 0 Å². The van der Waals surface area contributed by atoms with Crippen LogP contribution in [0.2, 0.25) is 5.02 Å². The molecular formula is C17H12ClN3O4. The van der Waals surface area contributed by atoms with Crippen molar-refractivity contribution in [3.8, 4) is 0 Å². The molecule has 0 fully saturated rings. The van der Waals surface area contributed by atoms with Crippen molar-refractivity contribution in [3.05, 3.63) is 69.5 Å². The summed E-state index contributed by atoms with van der Waals surface area (Å²) in [6, 6.07) is 10.1. The van der Waals surface area contributed by atoms with Gasteiger partial charge in [0.2, 0.25) is 5.43 Å². The van der Waals surface area contributed by atoms with Gasteiger partial charge < -0.3 is 16.2 Å². The van der Waals surface area contributed by atoms with Crippen LogP contribution in [-0.4, -0.2) is 21.7 Å². The molecule has 7 nitrogen and oxygen atoms in total. The van der Waals surface area contributed by atoms with Crippen molar-refractivity contribution in [1.29, 1.82) is 0 Å². The molecule has 0 aliphatic rings. The van der Waals surface area contributed by atoms with E-state index in [4.69, 9.17) is 17.3 Å². The van der Waals surface area contributed by atoms with Gasteiger partial charge in [0.25, 0.3) is 0 Å². The molecule has 0 radical (unpaired) electrons. The van der Waals surface area contributed by atoms with Crippen LogP contribution in [0.15, 0.2) is 53.5 Å². The summed E-state index contributed by atoms with van der Waals surface area (Å²) in [7, 11) is 0. The molecule has 0 saturated carbocycles. The monoisotopic (exact) mass is 357 g/mol. The summed E-state index contributed by atoms with van der Waals surface area (Å²) in [4.78, 5) is 36.2. The lowest BCUT2D eigenvalue weighted by Crippen LogP contribution is -2.25. The molecule has 25 heavy (non-hydrogen) atoms. The number of amides is 1. The maximum Gasteiger partial charge on any atom is 0.341 e. The molecule has 0 saturated heterocycles. The average molecular weight is 358 g/mol. The van der Waals surface area contributed by atoms with E-state index < -0.39 is 23.0 Å². The van der Waals surface area contributed by atoms with Gasteiger partial charge in [-0.3, -0.25) is 9.36 Å². The number of carbonyl (C=O) groups excluding carboxylic acids is 1. The predicted molar refractivity (Wildman–Crippen MR) is 95.4 cm³/mol. The molecule has 0 aliphatic carbocycles. The van der Waals surface area contributed by atoms with E-state index in [1.165, 1.54) is 24.3 Å². The number of nitrogens with one attached hydrogen (secondary N) is 1. The molecule has 126 valence electrons. The highest BCUT2D eigenvalue weighted by Gasteiger charge is 2.17.